The molecular weight excluding hydrogens is 613 g/mol. The topological polar surface area (TPSA) is 77.3 Å². The van der Waals surface area contributed by atoms with Crippen molar-refractivity contribution in [2.45, 2.75) is 0 Å². The van der Waals surface area contributed by atoms with Crippen molar-refractivity contribution in [2.75, 3.05) is 0 Å². The van der Waals surface area contributed by atoms with Crippen molar-refractivity contribution >= 4 is 21.7 Å². The Morgan fingerprint density at radius 2 is 0.900 bits per heavy atom. The van der Waals surface area contributed by atoms with Crippen LogP contribution in [0.1, 0.15) is 0 Å². The predicted octanol–water partition coefficient (Wildman–Crippen LogP) is 10.4. The smallest absolute Gasteiger partial charge is 0.164 e. The molecule has 0 unspecified atom stereocenters. The number of nitrogens with zero attached hydrogens (tertiary/aromatic N) is 6. The van der Waals surface area contributed by atoms with Crippen LogP contribution < -0.4 is 0 Å². The van der Waals surface area contributed by atoms with Gasteiger partial charge >= 0.3 is 0 Å². The van der Waals surface area contributed by atoms with E-state index in [4.69, 9.17) is 19.9 Å². The molecule has 5 aromatic carbocycles. The lowest BCUT2D eigenvalue weighted by atomic mass is 9.92. The molecule has 0 bridgehead atoms. The molecule has 0 N–H and O–H groups in total. The maximum atomic E-state index is 5.13. The highest BCUT2D eigenvalue weighted by Crippen LogP contribution is 2.38. The highest BCUT2D eigenvalue weighted by Gasteiger charge is 2.15. The molecule has 4 heterocycles. The first-order chi connectivity index (χ1) is 24.8. The molecule has 0 aliphatic carbocycles. The molecule has 0 spiro atoms. The van der Waals surface area contributed by atoms with Gasteiger partial charge in [-0.25, -0.2) is 19.9 Å². The van der Waals surface area contributed by atoms with Crippen LogP contribution in [0.15, 0.2) is 170 Å². The Bertz CT molecular complexity index is 2570. The summed E-state index contributed by atoms with van der Waals surface area (Å²) in [6.07, 6.45) is 6.97. The standard InChI is InChI=1S/C44H28N6/c1-2-8-31(9-3-1)40-28-38(41-37-12-5-4-7-30(37)17-18-39(41)47-40)36-11-6-10-35(27-36)29-13-15-32(16-14-29)42-48-43(33-19-23-45-24-20-33)50-44(49-42)34-21-25-46-26-22-34/h1-28H. The van der Waals surface area contributed by atoms with Gasteiger partial charge in [-0.05, 0) is 75.5 Å². The van der Waals surface area contributed by atoms with Gasteiger partial charge in [0.05, 0.1) is 11.2 Å². The Balaban J connectivity index is 1.13. The molecule has 0 atom stereocenters. The number of rotatable bonds is 6. The maximum absolute atomic E-state index is 5.13. The Morgan fingerprint density at radius 1 is 0.340 bits per heavy atom. The van der Waals surface area contributed by atoms with Gasteiger partial charge in [0.15, 0.2) is 17.5 Å². The third-order valence-electron chi connectivity index (χ3n) is 8.93. The van der Waals surface area contributed by atoms with Crippen LogP contribution in [0.2, 0.25) is 0 Å². The molecule has 9 aromatic rings. The second-order valence-corrected chi connectivity index (χ2v) is 12.0. The van der Waals surface area contributed by atoms with Gasteiger partial charge in [0, 0.05) is 52.4 Å². The molecule has 4 aromatic heterocycles. The van der Waals surface area contributed by atoms with Crippen LogP contribution >= 0.6 is 0 Å². The van der Waals surface area contributed by atoms with Crippen LogP contribution in [0.4, 0.5) is 0 Å². The van der Waals surface area contributed by atoms with E-state index in [2.05, 4.69) is 125 Å². The van der Waals surface area contributed by atoms with Crippen LogP contribution in [-0.4, -0.2) is 29.9 Å². The Kier molecular flexibility index (Phi) is 7.37. The molecule has 234 valence electrons. The zero-order chi connectivity index (χ0) is 33.3. The van der Waals surface area contributed by atoms with E-state index in [0.29, 0.717) is 17.5 Å². The molecule has 0 radical (unpaired) electrons. The van der Waals surface area contributed by atoms with Crippen molar-refractivity contribution in [3.63, 3.8) is 0 Å². The third-order valence-corrected chi connectivity index (χ3v) is 8.93. The van der Waals surface area contributed by atoms with Gasteiger partial charge in [-0.3, -0.25) is 9.97 Å². The van der Waals surface area contributed by atoms with E-state index in [1.54, 1.807) is 24.8 Å². The molecule has 0 fully saturated rings. The molecule has 0 amide bonds. The average molecular weight is 641 g/mol. The number of hydrogen-bond acceptors (Lipinski definition) is 6. The Hall–Kier alpha value is -6.92. The fourth-order valence-corrected chi connectivity index (χ4v) is 6.43. The molecular formula is C44H28N6. The quantitative estimate of drug-likeness (QED) is 0.168. The summed E-state index contributed by atoms with van der Waals surface area (Å²) in [5.41, 5.74) is 10.2. The maximum Gasteiger partial charge on any atom is 0.164 e. The summed E-state index contributed by atoms with van der Waals surface area (Å²) in [4.78, 5) is 28.0. The van der Waals surface area contributed by atoms with Crippen molar-refractivity contribution in [3.05, 3.63) is 170 Å². The van der Waals surface area contributed by atoms with E-state index in [-0.39, 0.29) is 0 Å². The summed E-state index contributed by atoms with van der Waals surface area (Å²) in [7, 11) is 0. The number of pyridine rings is 3. The van der Waals surface area contributed by atoms with E-state index in [1.807, 2.05) is 30.3 Å². The molecule has 6 nitrogen and oxygen atoms in total. The zero-order valence-corrected chi connectivity index (χ0v) is 26.8. The van der Waals surface area contributed by atoms with E-state index in [0.717, 1.165) is 61.1 Å². The number of aromatic nitrogens is 6. The molecule has 0 aliphatic rings. The lowest BCUT2D eigenvalue weighted by Crippen LogP contribution is -2.00. The average Bonchev–Trinajstić information content (AvgIpc) is 3.21. The van der Waals surface area contributed by atoms with Gasteiger partial charge in [-0.2, -0.15) is 0 Å². The lowest BCUT2D eigenvalue weighted by Gasteiger charge is -2.14. The minimum absolute atomic E-state index is 0.591. The normalized spacial score (nSPS) is 11.2. The fourth-order valence-electron chi connectivity index (χ4n) is 6.43. The van der Waals surface area contributed by atoms with E-state index in [9.17, 15) is 0 Å². The minimum Gasteiger partial charge on any atom is -0.265 e. The first-order valence-electron chi connectivity index (χ1n) is 16.4. The minimum atomic E-state index is 0.591. The Morgan fingerprint density at radius 3 is 1.58 bits per heavy atom. The highest BCUT2D eigenvalue weighted by molar-refractivity contribution is 6.14. The Labute approximate surface area is 288 Å². The summed E-state index contributed by atoms with van der Waals surface area (Å²) in [5.74, 6) is 1.78. The zero-order valence-electron chi connectivity index (χ0n) is 26.8. The number of fused-ring (bicyclic) bond motifs is 3. The van der Waals surface area contributed by atoms with E-state index in [1.165, 1.54) is 10.8 Å². The van der Waals surface area contributed by atoms with Crippen molar-refractivity contribution in [1.29, 1.82) is 0 Å². The molecule has 6 heteroatoms. The van der Waals surface area contributed by atoms with Crippen LogP contribution in [0, 0.1) is 0 Å². The SMILES string of the molecule is c1ccc(-c2cc(-c3cccc(-c4ccc(-c5nc(-c6ccncc6)nc(-c6ccncc6)n5)cc4)c3)c3c(ccc4ccccc43)n2)cc1. The number of benzene rings is 5. The van der Waals surface area contributed by atoms with Crippen molar-refractivity contribution in [3.8, 4) is 67.7 Å². The summed E-state index contributed by atoms with van der Waals surface area (Å²) < 4.78 is 0. The monoisotopic (exact) mass is 640 g/mol. The number of hydrogen-bond donors (Lipinski definition) is 0. The van der Waals surface area contributed by atoms with Gasteiger partial charge < -0.3 is 0 Å². The fraction of sp³-hybridized carbons (Fsp3) is 0. The van der Waals surface area contributed by atoms with Crippen LogP contribution in [-0.2, 0) is 0 Å². The van der Waals surface area contributed by atoms with Gasteiger partial charge in [0.1, 0.15) is 0 Å². The molecule has 0 aliphatic heterocycles. The first-order valence-corrected chi connectivity index (χ1v) is 16.4. The predicted molar refractivity (Wildman–Crippen MR) is 201 cm³/mol. The van der Waals surface area contributed by atoms with Crippen LogP contribution in [0.5, 0.6) is 0 Å². The molecule has 0 saturated heterocycles. The van der Waals surface area contributed by atoms with Gasteiger partial charge in [0.25, 0.3) is 0 Å². The van der Waals surface area contributed by atoms with Crippen molar-refractivity contribution < 1.29 is 0 Å². The van der Waals surface area contributed by atoms with Gasteiger partial charge in [-0.15, -0.1) is 0 Å². The third kappa shape index (κ3) is 5.55. The molecule has 50 heavy (non-hydrogen) atoms. The second kappa shape index (κ2) is 12.6. The van der Waals surface area contributed by atoms with Crippen LogP contribution in [0.3, 0.4) is 0 Å². The summed E-state index contributed by atoms with van der Waals surface area (Å²) in [6, 6.07) is 50.2. The molecule has 9 rings (SSSR count). The van der Waals surface area contributed by atoms with Gasteiger partial charge in [0.2, 0.25) is 0 Å². The van der Waals surface area contributed by atoms with E-state index >= 15 is 0 Å². The molecule has 0 saturated carbocycles. The van der Waals surface area contributed by atoms with E-state index < -0.39 is 0 Å². The lowest BCUT2D eigenvalue weighted by molar-refractivity contribution is 1.07. The highest BCUT2D eigenvalue weighted by atomic mass is 15.0. The van der Waals surface area contributed by atoms with Gasteiger partial charge in [-0.1, -0.05) is 103 Å². The summed E-state index contributed by atoms with van der Waals surface area (Å²) in [6.45, 7) is 0. The summed E-state index contributed by atoms with van der Waals surface area (Å²) >= 11 is 0. The van der Waals surface area contributed by atoms with Crippen molar-refractivity contribution in [2.24, 2.45) is 0 Å². The second-order valence-electron chi connectivity index (χ2n) is 12.0. The summed E-state index contributed by atoms with van der Waals surface area (Å²) in [5, 5.41) is 3.54. The largest absolute Gasteiger partial charge is 0.265 e. The van der Waals surface area contributed by atoms with Crippen LogP contribution in [0.25, 0.3) is 89.4 Å². The van der Waals surface area contributed by atoms with Crippen molar-refractivity contribution in [1.82, 2.24) is 29.9 Å². The first kappa shape index (κ1) is 29.2.